The number of aryl methyl sites for hydroxylation is 1. The number of alkyl halides is 3. The van der Waals surface area contributed by atoms with Crippen molar-refractivity contribution < 1.29 is 18.0 Å². The molecule has 31 heavy (non-hydrogen) atoms. The fourth-order valence-electron chi connectivity index (χ4n) is 2.69. The highest BCUT2D eigenvalue weighted by Crippen LogP contribution is 2.30. The maximum atomic E-state index is 12.9. The smallest absolute Gasteiger partial charge is 0.339 e. The van der Waals surface area contributed by atoms with E-state index in [2.05, 4.69) is 25.7 Å². The van der Waals surface area contributed by atoms with E-state index in [-0.39, 0.29) is 18.4 Å². The molecule has 2 aromatic heterocycles. The lowest BCUT2D eigenvalue weighted by Gasteiger charge is -2.15. The summed E-state index contributed by atoms with van der Waals surface area (Å²) in [5, 5.41) is 17.6. The second-order valence-corrected chi connectivity index (χ2v) is 6.69. The van der Waals surface area contributed by atoms with Crippen LogP contribution in [0.2, 0.25) is 0 Å². The van der Waals surface area contributed by atoms with Crippen molar-refractivity contribution in [1.29, 1.82) is 5.26 Å². The number of carbonyl (C=O) groups excluding carboxylic acids is 1. The zero-order valence-corrected chi connectivity index (χ0v) is 16.6. The molecule has 1 aromatic carbocycles. The summed E-state index contributed by atoms with van der Waals surface area (Å²) < 4.78 is 39.4. The Hall–Kier alpha value is -3.94. The third-order valence-electron chi connectivity index (χ3n) is 4.45. The van der Waals surface area contributed by atoms with Crippen LogP contribution in [0.3, 0.4) is 0 Å². The molecule has 3 aromatic rings. The molecule has 1 amide bonds. The molecule has 0 radical (unpaired) electrons. The molecule has 1 unspecified atom stereocenters. The average molecular weight is 429 g/mol. The number of anilines is 2. The van der Waals surface area contributed by atoms with Gasteiger partial charge in [-0.3, -0.25) is 9.48 Å². The molecule has 0 aliphatic rings. The SMILES string of the molecule is Cc1cnc(Nc2cnn(C(C)C(F)(F)F)c2)nc1-c1ccc(C(=O)NCC#N)cc1. The first kappa shape index (κ1) is 21.8. The third-order valence-corrected chi connectivity index (χ3v) is 4.45. The van der Waals surface area contributed by atoms with Gasteiger partial charge in [-0.25, -0.2) is 9.97 Å². The standard InChI is InChI=1S/C20H18F3N7O/c1-12-9-26-19(28-16-10-27-30(11-16)13(2)20(21,22)23)29-17(12)14-3-5-15(6-4-14)18(31)25-8-7-24/h3-6,9-11,13H,8H2,1-2H3,(H,25,31)(H,26,28,29). The Balaban J connectivity index is 1.79. The largest absolute Gasteiger partial charge is 0.410 e. The molecule has 0 aliphatic carbocycles. The molecule has 3 rings (SSSR count). The van der Waals surface area contributed by atoms with Crippen molar-refractivity contribution in [2.24, 2.45) is 0 Å². The Morgan fingerprint density at radius 1 is 1.26 bits per heavy atom. The molecule has 0 saturated heterocycles. The van der Waals surface area contributed by atoms with E-state index in [0.717, 1.165) is 22.7 Å². The highest BCUT2D eigenvalue weighted by molar-refractivity contribution is 5.94. The summed E-state index contributed by atoms with van der Waals surface area (Å²) in [6.45, 7) is 2.75. The zero-order chi connectivity index (χ0) is 22.6. The van der Waals surface area contributed by atoms with Gasteiger partial charge in [-0.05, 0) is 31.5 Å². The molecule has 2 heterocycles. The fraction of sp³-hybridized carbons (Fsp3) is 0.250. The highest BCUT2D eigenvalue weighted by Gasteiger charge is 2.37. The van der Waals surface area contributed by atoms with Gasteiger partial charge >= 0.3 is 6.18 Å². The summed E-state index contributed by atoms with van der Waals surface area (Å²) in [4.78, 5) is 20.5. The average Bonchev–Trinajstić information content (AvgIpc) is 3.20. The van der Waals surface area contributed by atoms with Crippen molar-refractivity contribution in [3.8, 4) is 17.3 Å². The first-order valence-electron chi connectivity index (χ1n) is 9.16. The van der Waals surface area contributed by atoms with E-state index in [1.807, 2.05) is 13.0 Å². The van der Waals surface area contributed by atoms with Crippen LogP contribution in [0, 0.1) is 18.3 Å². The second-order valence-electron chi connectivity index (χ2n) is 6.69. The van der Waals surface area contributed by atoms with Crippen LogP contribution in [0.25, 0.3) is 11.3 Å². The first-order chi connectivity index (χ1) is 14.7. The van der Waals surface area contributed by atoms with Gasteiger partial charge in [0.15, 0.2) is 0 Å². The van der Waals surface area contributed by atoms with Crippen molar-refractivity contribution in [2.75, 3.05) is 11.9 Å². The minimum absolute atomic E-state index is 0.0844. The summed E-state index contributed by atoms with van der Waals surface area (Å²) in [6, 6.07) is 6.72. The van der Waals surface area contributed by atoms with Crippen LogP contribution >= 0.6 is 0 Å². The van der Waals surface area contributed by atoms with E-state index in [1.54, 1.807) is 30.5 Å². The number of nitriles is 1. The van der Waals surface area contributed by atoms with Gasteiger partial charge in [-0.15, -0.1) is 0 Å². The minimum Gasteiger partial charge on any atom is -0.339 e. The van der Waals surface area contributed by atoms with E-state index in [9.17, 15) is 18.0 Å². The predicted octanol–water partition coefficient (Wildman–Crippen LogP) is 3.77. The Kier molecular flexibility index (Phi) is 6.20. The van der Waals surface area contributed by atoms with E-state index in [4.69, 9.17) is 5.26 Å². The molecule has 1 atom stereocenters. The number of hydrogen-bond acceptors (Lipinski definition) is 6. The predicted molar refractivity (Wildman–Crippen MR) is 106 cm³/mol. The van der Waals surface area contributed by atoms with Gasteiger partial charge in [0.05, 0.1) is 23.6 Å². The lowest BCUT2D eigenvalue weighted by Crippen LogP contribution is -2.23. The molecule has 0 bridgehead atoms. The summed E-state index contributed by atoms with van der Waals surface area (Å²) in [7, 11) is 0. The number of aromatic nitrogens is 4. The Labute approximate surface area is 175 Å². The lowest BCUT2D eigenvalue weighted by atomic mass is 10.1. The quantitative estimate of drug-likeness (QED) is 0.578. The van der Waals surface area contributed by atoms with Crippen LogP contribution in [-0.4, -0.2) is 38.4 Å². The van der Waals surface area contributed by atoms with Crippen LogP contribution in [0.4, 0.5) is 24.8 Å². The minimum atomic E-state index is -4.41. The van der Waals surface area contributed by atoms with Gasteiger partial charge in [0.1, 0.15) is 12.6 Å². The Bertz CT molecular complexity index is 1120. The van der Waals surface area contributed by atoms with Gasteiger partial charge in [0.2, 0.25) is 5.95 Å². The van der Waals surface area contributed by atoms with Gasteiger partial charge in [0.25, 0.3) is 5.91 Å². The van der Waals surface area contributed by atoms with Gasteiger partial charge in [-0.1, -0.05) is 12.1 Å². The normalized spacial score (nSPS) is 12.1. The molecule has 0 fully saturated rings. The van der Waals surface area contributed by atoms with Gasteiger partial charge in [-0.2, -0.15) is 23.5 Å². The molecule has 2 N–H and O–H groups in total. The fourth-order valence-corrected chi connectivity index (χ4v) is 2.69. The van der Waals surface area contributed by atoms with Crippen LogP contribution in [0.5, 0.6) is 0 Å². The molecule has 0 saturated carbocycles. The van der Waals surface area contributed by atoms with Crippen molar-refractivity contribution in [3.63, 3.8) is 0 Å². The zero-order valence-electron chi connectivity index (χ0n) is 16.6. The number of hydrogen-bond donors (Lipinski definition) is 2. The molecular formula is C20H18F3N7O. The van der Waals surface area contributed by atoms with Crippen LogP contribution in [-0.2, 0) is 0 Å². The molecular weight excluding hydrogens is 411 g/mol. The van der Waals surface area contributed by atoms with Gasteiger partial charge in [0, 0.05) is 23.5 Å². The monoisotopic (exact) mass is 429 g/mol. The van der Waals surface area contributed by atoms with E-state index in [0.29, 0.717) is 16.9 Å². The second kappa shape index (κ2) is 8.83. The molecule has 11 heteroatoms. The van der Waals surface area contributed by atoms with Crippen LogP contribution in [0.15, 0.2) is 42.9 Å². The molecule has 160 valence electrons. The first-order valence-corrected chi connectivity index (χ1v) is 9.16. The van der Waals surface area contributed by atoms with Crippen molar-refractivity contribution in [3.05, 3.63) is 54.0 Å². The lowest BCUT2D eigenvalue weighted by molar-refractivity contribution is -0.165. The van der Waals surface area contributed by atoms with Crippen molar-refractivity contribution in [1.82, 2.24) is 25.1 Å². The number of nitrogens with zero attached hydrogens (tertiary/aromatic N) is 5. The number of nitrogens with one attached hydrogen (secondary N) is 2. The van der Waals surface area contributed by atoms with Crippen molar-refractivity contribution >= 4 is 17.5 Å². The summed E-state index contributed by atoms with van der Waals surface area (Å²) >= 11 is 0. The number of carbonyl (C=O) groups is 1. The number of benzene rings is 1. The molecule has 8 nitrogen and oxygen atoms in total. The number of rotatable bonds is 6. The third kappa shape index (κ3) is 5.16. The highest BCUT2D eigenvalue weighted by atomic mass is 19.4. The summed E-state index contributed by atoms with van der Waals surface area (Å²) in [5.41, 5.74) is 2.80. The van der Waals surface area contributed by atoms with E-state index in [1.165, 1.54) is 12.4 Å². The summed E-state index contributed by atoms with van der Waals surface area (Å²) in [5.74, 6) is -0.171. The molecule has 0 spiro atoms. The topological polar surface area (TPSA) is 109 Å². The maximum absolute atomic E-state index is 12.9. The van der Waals surface area contributed by atoms with Crippen LogP contribution in [0.1, 0.15) is 28.9 Å². The number of halogens is 3. The Morgan fingerprint density at radius 3 is 2.61 bits per heavy atom. The summed E-state index contributed by atoms with van der Waals surface area (Å²) in [6.07, 6.45) is -0.328. The van der Waals surface area contributed by atoms with Crippen molar-refractivity contribution in [2.45, 2.75) is 26.1 Å². The maximum Gasteiger partial charge on any atom is 0.410 e. The molecule has 0 aliphatic heterocycles. The number of amides is 1. The van der Waals surface area contributed by atoms with Crippen LogP contribution < -0.4 is 10.6 Å². The van der Waals surface area contributed by atoms with E-state index < -0.39 is 12.2 Å². The van der Waals surface area contributed by atoms with Gasteiger partial charge < -0.3 is 10.6 Å². The Morgan fingerprint density at radius 2 is 1.97 bits per heavy atom. The van der Waals surface area contributed by atoms with E-state index >= 15 is 0 Å².